The number of amides is 2. The maximum Gasteiger partial charge on any atom is 0.328 e. The normalized spacial score (nSPS) is 15.1. The van der Waals surface area contributed by atoms with Crippen LogP contribution in [0.2, 0.25) is 0 Å². The number of rotatable bonds is 47. The zero-order valence-corrected chi connectivity index (χ0v) is 45.9. The molecule has 2 fully saturated rings. The highest BCUT2D eigenvalue weighted by Crippen LogP contribution is 2.23. The van der Waals surface area contributed by atoms with Crippen LogP contribution in [0.5, 0.6) is 0 Å². The van der Waals surface area contributed by atoms with Crippen LogP contribution in [0.25, 0.3) is 0 Å². The molecule has 2 heterocycles. The van der Waals surface area contributed by atoms with Crippen molar-refractivity contribution in [2.45, 2.75) is 141 Å². The molecule has 80 heavy (non-hydrogen) atoms. The summed E-state index contributed by atoms with van der Waals surface area (Å²) in [4.78, 5) is 151. The molecule has 6 N–H and O–H groups in total. The Morgan fingerprint density at radius 1 is 0.338 bits per heavy atom. The number of carboxylic acid groups (broad SMARTS) is 6. The number of carbonyl (C=O) groups is 12. The number of esters is 4. The highest BCUT2D eigenvalue weighted by atomic mass is 16.5. The molecule has 2 unspecified atom stereocenters. The summed E-state index contributed by atoms with van der Waals surface area (Å²) in [5, 5.41) is 54.5. The van der Waals surface area contributed by atoms with Crippen molar-refractivity contribution in [2.75, 3.05) is 118 Å². The van der Waals surface area contributed by atoms with E-state index in [-0.39, 0.29) is 77.5 Å². The van der Waals surface area contributed by atoms with E-state index in [9.17, 15) is 67.7 Å². The van der Waals surface area contributed by atoms with Gasteiger partial charge in [0.2, 0.25) is 11.8 Å². The number of hydrogen-bond acceptors (Lipinski definition) is 20. The van der Waals surface area contributed by atoms with Crippen LogP contribution in [0.3, 0.4) is 0 Å². The van der Waals surface area contributed by atoms with E-state index < -0.39 is 111 Å². The van der Waals surface area contributed by atoms with Crippen molar-refractivity contribution < 1.29 is 107 Å². The van der Waals surface area contributed by atoms with Crippen LogP contribution in [0, 0.1) is 0 Å². The Morgan fingerprint density at radius 2 is 0.588 bits per heavy atom. The molecule has 0 aromatic carbocycles. The molecular formula is C52H84N6O22. The first-order valence-corrected chi connectivity index (χ1v) is 27.6. The minimum Gasteiger partial charge on any atom is -0.480 e. The van der Waals surface area contributed by atoms with Crippen molar-refractivity contribution >= 4 is 71.5 Å². The Kier molecular flexibility index (Phi) is 35.3. The molecule has 454 valence electrons. The fraction of sp³-hybridized carbons (Fsp3) is 0.769. The van der Waals surface area contributed by atoms with E-state index in [2.05, 4.69) is 0 Å². The van der Waals surface area contributed by atoms with Gasteiger partial charge in [-0.15, -0.1) is 0 Å². The SMILES string of the molecule is O=C(O)CN(CCN(CC(=O)O)CC(=O)OCCCCCCOC(=O)C1CCCN1C(=O)CCCCCCCCC(=O)N1CCCC1C(=O)OCCCCCCOC(=O)CN(CCN(CC(=O)O)CC(=O)O)CC(=O)O)CC(=O)O. The predicted molar refractivity (Wildman–Crippen MR) is 279 cm³/mol. The minimum atomic E-state index is -1.25. The number of unbranched alkanes of at least 4 members (excludes halogenated alkanes) is 11. The Labute approximate surface area is 465 Å². The summed E-state index contributed by atoms with van der Waals surface area (Å²) in [7, 11) is 0. The maximum atomic E-state index is 13.1. The summed E-state index contributed by atoms with van der Waals surface area (Å²) in [6.07, 6.45) is 12.6. The van der Waals surface area contributed by atoms with Crippen LogP contribution in [0.4, 0.5) is 0 Å². The molecule has 2 rings (SSSR count). The first kappa shape index (κ1) is 69.6. The van der Waals surface area contributed by atoms with Gasteiger partial charge in [0.1, 0.15) is 12.1 Å². The monoisotopic (exact) mass is 1140 g/mol. The van der Waals surface area contributed by atoms with Gasteiger partial charge in [-0.05, 0) is 89.9 Å². The molecule has 0 aliphatic carbocycles. The van der Waals surface area contributed by atoms with Crippen LogP contribution >= 0.6 is 0 Å². The summed E-state index contributed by atoms with van der Waals surface area (Å²) in [5.74, 6) is -9.87. The van der Waals surface area contributed by atoms with Crippen molar-refractivity contribution in [3.05, 3.63) is 0 Å². The number of ether oxygens (including phenoxy) is 4. The number of carbonyl (C=O) groups excluding carboxylic acids is 6. The summed E-state index contributed by atoms with van der Waals surface area (Å²) in [5.41, 5.74) is 0. The first-order chi connectivity index (χ1) is 38.1. The molecule has 2 aliphatic heterocycles. The third-order valence-corrected chi connectivity index (χ3v) is 13.1. The number of likely N-dealkylation sites (tertiary alicyclic amines) is 2. The van der Waals surface area contributed by atoms with Crippen LogP contribution in [-0.2, 0) is 76.5 Å². The third-order valence-electron chi connectivity index (χ3n) is 13.1. The van der Waals surface area contributed by atoms with E-state index >= 15 is 0 Å². The topological polar surface area (TPSA) is 383 Å². The number of carboxylic acids is 6. The zero-order valence-electron chi connectivity index (χ0n) is 45.9. The Morgan fingerprint density at radius 3 is 0.875 bits per heavy atom. The molecule has 28 nitrogen and oxygen atoms in total. The van der Waals surface area contributed by atoms with Crippen molar-refractivity contribution in [1.29, 1.82) is 0 Å². The largest absolute Gasteiger partial charge is 0.480 e. The number of aliphatic carboxylic acids is 6. The average Bonchev–Trinajstić information content (AvgIpc) is 4.08. The number of hydrogen-bond donors (Lipinski definition) is 6. The lowest BCUT2D eigenvalue weighted by atomic mass is 10.1. The highest BCUT2D eigenvalue weighted by Gasteiger charge is 2.36. The molecule has 0 radical (unpaired) electrons. The summed E-state index contributed by atoms with van der Waals surface area (Å²) >= 11 is 0. The van der Waals surface area contributed by atoms with Crippen molar-refractivity contribution in [3.63, 3.8) is 0 Å². The van der Waals surface area contributed by atoms with Gasteiger partial charge in [0, 0.05) is 52.1 Å². The van der Waals surface area contributed by atoms with E-state index in [4.69, 9.17) is 39.4 Å². The van der Waals surface area contributed by atoms with Gasteiger partial charge in [0.15, 0.2) is 0 Å². The molecule has 2 amide bonds. The smallest absolute Gasteiger partial charge is 0.328 e. The van der Waals surface area contributed by atoms with Gasteiger partial charge >= 0.3 is 59.7 Å². The molecule has 2 aliphatic rings. The lowest BCUT2D eigenvalue weighted by Gasteiger charge is -2.24. The molecule has 0 aromatic heterocycles. The zero-order chi connectivity index (χ0) is 59.2. The average molecular weight is 1150 g/mol. The van der Waals surface area contributed by atoms with E-state index in [0.29, 0.717) is 116 Å². The summed E-state index contributed by atoms with van der Waals surface area (Å²) < 4.78 is 21.4. The van der Waals surface area contributed by atoms with Crippen molar-refractivity contribution in [1.82, 2.24) is 29.4 Å². The Hall–Kier alpha value is -6.52. The quantitative estimate of drug-likeness (QED) is 0.0282. The molecular weight excluding hydrogens is 1060 g/mol. The Bertz CT molecular complexity index is 1840. The van der Waals surface area contributed by atoms with Crippen LogP contribution in [-0.4, -0.2) is 262 Å². The molecule has 0 bridgehead atoms. The van der Waals surface area contributed by atoms with Gasteiger partial charge in [0.25, 0.3) is 0 Å². The molecule has 0 saturated carbocycles. The molecule has 2 saturated heterocycles. The van der Waals surface area contributed by atoms with Crippen molar-refractivity contribution in [2.24, 2.45) is 0 Å². The van der Waals surface area contributed by atoms with Crippen molar-refractivity contribution in [3.8, 4) is 0 Å². The molecule has 0 spiro atoms. The van der Waals surface area contributed by atoms with E-state index in [1.807, 2.05) is 0 Å². The summed E-state index contributed by atoms with van der Waals surface area (Å²) in [6.45, 7) is -2.97. The second kappa shape index (κ2) is 40.6. The van der Waals surface area contributed by atoms with Gasteiger partial charge < -0.3 is 59.4 Å². The number of nitrogens with zero attached hydrogens (tertiary/aromatic N) is 6. The van der Waals surface area contributed by atoms with Gasteiger partial charge in [-0.1, -0.05) is 25.7 Å². The third kappa shape index (κ3) is 32.5. The fourth-order valence-electron chi connectivity index (χ4n) is 9.22. The van der Waals surface area contributed by atoms with Crippen LogP contribution in [0.15, 0.2) is 0 Å². The Balaban J connectivity index is 1.53. The fourth-order valence-corrected chi connectivity index (χ4v) is 9.22. The van der Waals surface area contributed by atoms with E-state index in [1.54, 1.807) is 9.80 Å². The van der Waals surface area contributed by atoms with Crippen LogP contribution in [0.1, 0.15) is 128 Å². The predicted octanol–water partition coefficient (Wildman–Crippen LogP) is 1.10. The second-order valence-electron chi connectivity index (χ2n) is 19.9. The first-order valence-electron chi connectivity index (χ1n) is 27.6. The second-order valence-corrected chi connectivity index (χ2v) is 19.9. The molecule has 2 atom stereocenters. The van der Waals surface area contributed by atoms with Gasteiger partial charge in [0.05, 0.1) is 78.8 Å². The minimum absolute atomic E-state index is 0.0726. The van der Waals surface area contributed by atoms with Crippen LogP contribution < -0.4 is 0 Å². The highest BCUT2D eigenvalue weighted by molar-refractivity contribution is 5.86. The van der Waals surface area contributed by atoms with Gasteiger partial charge in [-0.3, -0.25) is 67.5 Å². The lowest BCUT2D eigenvalue weighted by Crippen LogP contribution is -2.43. The van der Waals surface area contributed by atoms with Gasteiger partial charge in [-0.2, -0.15) is 0 Å². The molecule has 0 aromatic rings. The molecule has 28 heteroatoms. The van der Waals surface area contributed by atoms with E-state index in [1.165, 1.54) is 9.80 Å². The van der Waals surface area contributed by atoms with Gasteiger partial charge in [-0.25, -0.2) is 9.59 Å². The lowest BCUT2D eigenvalue weighted by molar-refractivity contribution is -0.153. The standard InChI is InChI=1S/C52H84N6O22/c59-41(57-21-15-17-39(57)51(75)79-29-13-7-5-11-27-77-49(73)37-55(35-47(69)70)25-23-53(31-43(61)62)32-44(63)64)19-9-3-1-2-4-10-20-42(60)58-22-16-18-40(58)52(76)80-30-14-8-6-12-28-78-50(74)38-56(36-48(71)72)26-24-54(33-45(65)66)34-46(67)68/h39-40H,1-38H2,(H,61,62)(H,63,64)(H,65,66)(H,67,68)(H,69,70)(H,71,72). The maximum absolute atomic E-state index is 13.1. The van der Waals surface area contributed by atoms with E-state index in [0.717, 1.165) is 35.5 Å². The summed E-state index contributed by atoms with van der Waals surface area (Å²) in [6, 6.07) is -1.25.